The number of hydrogen-bond acceptors (Lipinski definition) is 6. The Bertz CT molecular complexity index is 1660. The predicted octanol–water partition coefficient (Wildman–Crippen LogP) is 5.40. The van der Waals surface area contributed by atoms with Crippen molar-refractivity contribution in [2.45, 2.75) is 38.3 Å². The minimum Gasteiger partial charge on any atom is -0.506 e. The maximum Gasteiger partial charge on any atom is 0.256 e. The normalized spacial score (nSPS) is 14.0. The van der Waals surface area contributed by atoms with E-state index in [9.17, 15) is 23.1 Å². The Morgan fingerprint density at radius 1 is 1.12 bits per heavy atom. The smallest absolute Gasteiger partial charge is 0.256 e. The number of carbonyl (C=O) groups is 2. The number of hydrogen-bond donors (Lipinski definition) is 4. The lowest BCUT2D eigenvalue weighted by atomic mass is 10.0. The van der Waals surface area contributed by atoms with E-state index in [-0.39, 0.29) is 33.6 Å². The highest BCUT2D eigenvalue weighted by atomic mass is 79.9. The Labute approximate surface area is 256 Å². The first-order chi connectivity index (χ1) is 19.4. The number of anilines is 1. The van der Waals surface area contributed by atoms with Crippen molar-refractivity contribution >= 4 is 70.8 Å². The van der Waals surface area contributed by atoms with Crippen LogP contribution in [0.1, 0.15) is 52.3 Å². The molecule has 4 rings (SSSR count). The summed E-state index contributed by atoms with van der Waals surface area (Å²) in [6.45, 7) is 10.8. The molecular formula is C29H32Br2N4O5S. The SMILES string of the molecule is CCN(CC)CCNC(=O)c1c(C)[nH]c(/C=C2\C(=O)Nc3ccc(S(=O)(=O)Cc4cc(Br)cc(Br)c4O)cc32)c1C. The van der Waals surface area contributed by atoms with Crippen LogP contribution >= 0.6 is 31.9 Å². The van der Waals surface area contributed by atoms with Crippen molar-refractivity contribution in [2.24, 2.45) is 0 Å². The lowest BCUT2D eigenvalue weighted by Gasteiger charge is -2.18. The van der Waals surface area contributed by atoms with Gasteiger partial charge in [0.25, 0.3) is 11.8 Å². The van der Waals surface area contributed by atoms with E-state index in [0.717, 1.165) is 19.6 Å². The summed E-state index contributed by atoms with van der Waals surface area (Å²) in [4.78, 5) is 31.4. The summed E-state index contributed by atoms with van der Waals surface area (Å²) in [6.07, 6.45) is 1.64. The average Bonchev–Trinajstić information content (AvgIpc) is 3.38. The monoisotopic (exact) mass is 706 g/mol. The number of halogens is 2. The average molecular weight is 708 g/mol. The zero-order chi connectivity index (χ0) is 30.1. The number of H-pyrrole nitrogens is 1. The molecule has 0 fully saturated rings. The number of fused-ring (bicyclic) bond motifs is 1. The van der Waals surface area contributed by atoms with Gasteiger partial charge in [-0.3, -0.25) is 9.59 Å². The van der Waals surface area contributed by atoms with E-state index in [1.54, 1.807) is 31.2 Å². The number of phenolic OH excluding ortho intramolecular Hbond substituents is 1. The van der Waals surface area contributed by atoms with Crippen LogP contribution < -0.4 is 10.6 Å². The lowest BCUT2D eigenvalue weighted by Crippen LogP contribution is -2.35. The third-order valence-corrected chi connectivity index (χ3v) is 9.91. The molecule has 1 aliphatic rings. The van der Waals surface area contributed by atoms with Crippen molar-refractivity contribution in [3.05, 3.63) is 72.9 Å². The molecule has 0 aliphatic carbocycles. The van der Waals surface area contributed by atoms with Gasteiger partial charge in [-0.15, -0.1) is 0 Å². The number of aromatic amines is 1. The summed E-state index contributed by atoms with van der Waals surface area (Å²) >= 11 is 6.56. The fraction of sp³-hybridized carbons (Fsp3) is 0.310. The molecule has 0 radical (unpaired) electrons. The molecule has 0 saturated heterocycles. The number of likely N-dealkylation sites (N-methyl/N-ethyl adjacent to an activating group) is 1. The number of rotatable bonds is 10. The summed E-state index contributed by atoms with van der Waals surface area (Å²) in [5, 5.41) is 16.1. The van der Waals surface area contributed by atoms with Gasteiger partial charge < -0.3 is 25.6 Å². The second kappa shape index (κ2) is 12.5. The van der Waals surface area contributed by atoms with Gasteiger partial charge in [0, 0.05) is 45.8 Å². The first-order valence-electron chi connectivity index (χ1n) is 13.1. The Balaban J connectivity index is 1.63. The molecule has 0 saturated carbocycles. The van der Waals surface area contributed by atoms with E-state index in [1.807, 2.05) is 6.92 Å². The van der Waals surface area contributed by atoms with Gasteiger partial charge in [-0.2, -0.15) is 0 Å². The number of aromatic nitrogens is 1. The number of aromatic hydroxyl groups is 1. The fourth-order valence-corrected chi connectivity index (χ4v) is 7.56. The van der Waals surface area contributed by atoms with Gasteiger partial charge in [-0.25, -0.2) is 8.42 Å². The first-order valence-corrected chi connectivity index (χ1v) is 16.4. The molecule has 218 valence electrons. The van der Waals surface area contributed by atoms with E-state index >= 15 is 0 Å². The summed E-state index contributed by atoms with van der Waals surface area (Å²) in [5.74, 6) is -1.15. The zero-order valence-electron chi connectivity index (χ0n) is 23.2. The highest BCUT2D eigenvalue weighted by Crippen LogP contribution is 2.38. The second-order valence-electron chi connectivity index (χ2n) is 9.82. The molecule has 4 N–H and O–H groups in total. The van der Waals surface area contributed by atoms with Crippen LogP contribution in [0.5, 0.6) is 5.75 Å². The molecule has 41 heavy (non-hydrogen) atoms. The molecule has 9 nitrogen and oxygen atoms in total. The predicted molar refractivity (Wildman–Crippen MR) is 168 cm³/mol. The van der Waals surface area contributed by atoms with E-state index < -0.39 is 15.6 Å². The molecule has 1 aromatic heterocycles. The van der Waals surface area contributed by atoms with E-state index in [1.165, 1.54) is 12.1 Å². The summed E-state index contributed by atoms with van der Waals surface area (Å²) < 4.78 is 27.7. The zero-order valence-corrected chi connectivity index (χ0v) is 27.2. The largest absolute Gasteiger partial charge is 0.506 e. The molecular weight excluding hydrogens is 676 g/mol. The number of amides is 2. The quantitative estimate of drug-likeness (QED) is 0.209. The standard InChI is InChI=1S/C29H32Br2N4O5S/c1-5-35(6-2)10-9-32-29(38)26-16(3)25(33-17(26)4)14-22-21-13-20(7-8-24(21)34-28(22)37)41(39,40)15-18-11-19(30)12-23(31)27(18)36/h7-8,11-14,33,36H,5-6,9-10,15H2,1-4H3,(H,32,38)(H,34,37)/b22-14-. The molecule has 2 aromatic carbocycles. The number of benzene rings is 2. The van der Waals surface area contributed by atoms with Crippen molar-refractivity contribution in [3.63, 3.8) is 0 Å². The van der Waals surface area contributed by atoms with Crippen molar-refractivity contribution < 1.29 is 23.1 Å². The lowest BCUT2D eigenvalue weighted by molar-refractivity contribution is -0.110. The number of nitrogens with zero attached hydrogens (tertiary/aromatic N) is 1. The van der Waals surface area contributed by atoms with E-state index in [4.69, 9.17) is 0 Å². The topological polar surface area (TPSA) is 132 Å². The van der Waals surface area contributed by atoms with Crippen LogP contribution in [0, 0.1) is 13.8 Å². The highest BCUT2D eigenvalue weighted by molar-refractivity contribution is 9.11. The van der Waals surface area contributed by atoms with Crippen molar-refractivity contribution in [1.82, 2.24) is 15.2 Å². The number of carbonyl (C=O) groups excluding carboxylic acids is 2. The number of phenols is 1. The van der Waals surface area contributed by atoms with Crippen molar-refractivity contribution in [1.29, 1.82) is 0 Å². The third kappa shape index (κ3) is 6.61. The van der Waals surface area contributed by atoms with Crippen LogP contribution in [-0.2, 0) is 20.4 Å². The van der Waals surface area contributed by atoms with Crippen LogP contribution in [-0.4, -0.2) is 61.4 Å². The second-order valence-corrected chi connectivity index (χ2v) is 13.6. The number of nitrogens with one attached hydrogen (secondary N) is 3. The van der Waals surface area contributed by atoms with Crippen molar-refractivity contribution in [2.75, 3.05) is 31.5 Å². The summed E-state index contributed by atoms with van der Waals surface area (Å²) in [5.41, 5.74) is 3.91. The van der Waals surface area contributed by atoms with Gasteiger partial charge in [-0.1, -0.05) is 29.8 Å². The molecule has 0 spiro atoms. The molecule has 2 heterocycles. The Morgan fingerprint density at radius 2 is 1.83 bits per heavy atom. The van der Waals surface area contributed by atoms with Crippen molar-refractivity contribution in [3.8, 4) is 5.75 Å². The Kier molecular flexibility index (Phi) is 9.47. The molecule has 1 aliphatic heterocycles. The fourth-order valence-electron chi connectivity index (χ4n) is 4.88. The van der Waals surface area contributed by atoms with Crippen LogP contribution in [0.4, 0.5) is 5.69 Å². The molecule has 0 unspecified atom stereocenters. The van der Waals surface area contributed by atoms with Gasteiger partial charge in [0.1, 0.15) is 5.75 Å². The van der Waals surface area contributed by atoms with Gasteiger partial charge in [-0.05, 0) is 84.8 Å². The summed E-state index contributed by atoms with van der Waals surface area (Å²) in [7, 11) is -3.88. The van der Waals surface area contributed by atoms with Gasteiger partial charge in [0.05, 0.1) is 26.3 Å². The maximum atomic E-state index is 13.3. The van der Waals surface area contributed by atoms with Crippen LogP contribution in [0.2, 0.25) is 0 Å². The number of sulfone groups is 1. The van der Waals surface area contributed by atoms with Gasteiger partial charge in [0.15, 0.2) is 9.84 Å². The van der Waals surface area contributed by atoms with Crippen LogP contribution in [0.15, 0.2) is 44.2 Å². The van der Waals surface area contributed by atoms with Gasteiger partial charge >= 0.3 is 0 Å². The Morgan fingerprint density at radius 3 is 2.51 bits per heavy atom. The van der Waals surface area contributed by atoms with Crippen LogP contribution in [0.25, 0.3) is 11.6 Å². The molecule has 2 amide bonds. The van der Waals surface area contributed by atoms with E-state index in [2.05, 4.69) is 66.2 Å². The minimum atomic E-state index is -3.88. The highest BCUT2D eigenvalue weighted by Gasteiger charge is 2.28. The molecule has 0 bridgehead atoms. The minimum absolute atomic E-state index is 0.0156. The van der Waals surface area contributed by atoms with E-state index in [0.29, 0.717) is 49.3 Å². The maximum absolute atomic E-state index is 13.3. The van der Waals surface area contributed by atoms with Gasteiger partial charge in [0.2, 0.25) is 0 Å². The Hall–Kier alpha value is -2.93. The van der Waals surface area contributed by atoms with Crippen LogP contribution in [0.3, 0.4) is 0 Å². The third-order valence-electron chi connectivity index (χ3n) is 7.19. The summed E-state index contributed by atoms with van der Waals surface area (Å²) in [6, 6.07) is 7.63. The molecule has 3 aromatic rings. The molecule has 0 atom stereocenters. The molecule has 12 heteroatoms. The first kappa shape index (κ1) is 31.0. The number of aryl methyl sites for hydroxylation is 1.